The summed E-state index contributed by atoms with van der Waals surface area (Å²) >= 11 is 0. The Balaban J connectivity index is 1.38. The van der Waals surface area contributed by atoms with Gasteiger partial charge in [-0.05, 0) is 25.1 Å². The highest BCUT2D eigenvalue weighted by atomic mass is 16.5. The second-order valence-electron chi connectivity index (χ2n) is 11.0. The van der Waals surface area contributed by atoms with Gasteiger partial charge in [0, 0.05) is 84.3 Å². The van der Waals surface area contributed by atoms with Crippen LogP contribution in [0.15, 0.2) is 42.9 Å². The molecule has 10 heteroatoms. The summed E-state index contributed by atoms with van der Waals surface area (Å²) in [7, 11) is 1.94. The molecule has 4 aromatic rings. The number of benzene rings is 1. The van der Waals surface area contributed by atoms with E-state index in [2.05, 4.69) is 20.4 Å². The highest BCUT2D eigenvalue weighted by Crippen LogP contribution is 2.30. The first kappa shape index (κ1) is 25.1. The molecule has 10 nitrogen and oxygen atoms in total. The zero-order valence-electron chi connectivity index (χ0n) is 21.9. The van der Waals surface area contributed by atoms with E-state index in [4.69, 9.17) is 0 Å². The van der Waals surface area contributed by atoms with Crippen LogP contribution >= 0.6 is 0 Å². The van der Waals surface area contributed by atoms with Crippen molar-refractivity contribution in [2.24, 2.45) is 12.5 Å². The molecule has 0 atom stereocenters. The number of rotatable bonds is 6. The van der Waals surface area contributed by atoms with Crippen LogP contribution in [0.4, 0.5) is 11.6 Å². The van der Waals surface area contributed by atoms with E-state index in [9.17, 15) is 15.0 Å². The predicted octanol–water partition coefficient (Wildman–Crippen LogP) is 3.32. The number of carbonyl (C=O) groups is 1. The molecule has 1 aliphatic rings. The number of aromatic nitrogens is 5. The van der Waals surface area contributed by atoms with E-state index in [-0.39, 0.29) is 12.3 Å². The smallest absolute Gasteiger partial charge is 0.229 e. The van der Waals surface area contributed by atoms with E-state index in [1.807, 2.05) is 74.8 Å². The minimum Gasteiger partial charge on any atom is -0.365 e. The van der Waals surface area contributed by atoms with E-state index < -0.39 is 11.2 Å². The molecular weight excluding hydrogens is 470 g/mol. The number of nitrogens with one attached hydrogen (secondary N) is 1. The zero-order chi connectivity index (χ0) is 26.5. The lowest BCUT2D eigenvalue weighted by Crippen LogP contribution is -2.32. The van der Waals surface area contributed by atoms with Gasteiger partial charge in [-0.3, -0.25) is 9.69 Å². The SMILES string of the molecule is Cc1nn(-c2ccnc(Nc3ccc4c(c3)c(C(=O)C(C)(C)C)cn4C)n2)cc1CN1CCC(O)(O)C1. The van der Waals surface area contributed by atoms with Crippen molar-refractivity contribution in [3.8, 4) is 5.82 Å². The largest absolute Gasteiger partial charge is 0.365 e. The Bertz CT molecular complexity index is 1480. The highest BCUT2D eigenvalue weighted by Gasteiger charge is 2.33. The molecule has 1 fully saturated rings. The summed E-state index contributed by atoms with van der Waals surface area (Å²) in [6.07, 6.45) is 5.81. The predicted molar refractivity (Wildman–Crippen MR) is 141 cm³/mol. The number of ketones is 1. The summed E-state index contributed by atoms with van der Waals surface area (Å²) in [5.74, 6) is -0.510. The Morgan fingerprint density at radius 1 is 1.19 bits per heavy atom. The summed E-state index contributed by atoms with van der Waals surface area (Å²) in [5, 5.41) is 28.4. The summed E-state index contributed by atoms with van der Waals surface area (Å²) < 4.78 is 3.68. The molecule has 0 unspecified atom stereocenters. The van der Waals surface area contributed by atoms with Crippen molar-refractivity contribution in [2.75, 3.05) is 18.4 Å². The van der Waals surface area contributed by atoms with E-state index in [0.717, 1.165) is 27.8 Å². The molecule has 0 saturated carbocycles. The Labute approximate surface area is 215 Å². The number of nitrogens with zero attached hydrogens (tertiary/aromatic N) is 6. The summed E-state index contributed by atoms with van der Waals surface area (Å²) in [4.78, 5) is 24.1. The summed E-state index contributed by atoms with van der Waals surface area (Å²) in [6, 6.07) is 7.66. The number of β-amino-alcohol motifs (C(OH)–C–C–N with tert-alkyl or cyclic N) is 2. The van der Waals surface area contributed by atoms with Crippen LogP contribution in [-0.4, -0.2) is 64.1 Å². The fourth-order valence-corrected chi connectivity index (χ4v) is 4.72. The van der Waals surface area contributed by atoms with E-state index >= 15 is 0 Å². The second-order valence-corrected chi connectivity index (χ2v) is 11.0. The maximum absolute atomic E-state index is 13.0. The third kappa shape index (κ3) is 5.13. The fraction of sp³-hybridized carbons (Fsp3) is 0.407. The number of aryl methyl sites for hydroxylation is 2. The van der Waals surface area contributed by atoms with E-state index in [1.165, 1.54) is 0 Å². The van der Waals surface area contributed by atoms with Crippen molar-refractivity contribution in [3.63, 3.8) is 0 Å². The first-order valence-corrected chi connectivity index (χ1v) is 12.4. The highest BCUT2D eigenvalue weighted by molar-refractivity contribution is 6.11. The van der Waals surface area contributed by atoms with Crippen LogP contribution in [0.25, 0.3) is 16.7 Å². The van der Waals surface area contributed by atoms with E-state index in [0.29, 0.717) is 36.8 Å². The average Bonchev–Trinajstić information content (AvgIpc) is 3.47. The number of Topliss-reactive ketones (excluding diaryl/α,β-unsaturated/α-hetero) is 1. The molecule has 3 aromatic heterocycles. The number of anilines is 2. The lowest BCUT2D eigenvalue weighted by molar-refractivity contribution is -0.148. The molecule has 0 radical (unpaired) electrons. The fourth-order valence-electron chi connectivity index (χ4n) is 4.72. The average molecular weight is 504 g/mol. The number of likely N-dealkylation sites (tertiary alicyclic amines) is 1. The van der Waals surface area contributed by atoms with Gasteiger partial charge in [-0.2, -0.15) is 10.1 Å². The number of aliphatic hydroxyl groups is 2. The molecule has 194 valence electrons. The number of fused-ring (bicyclic) bond motifs is 1. The molecule has 1 aromatic carbocycles. The van der Waals surface area contributed by atoms with Gasteiger partial charge in [0.25, 0.3) is 0 Å². The molecule has 0 spiro atoms. The van der Waals surface area contributed by atoms with Crippen molar-refractivity contribution in [1.29, 1.82) is 0 Å². The Morgan fingerprint density at radius 2 is 1.97 bits per heavy atom. The molecular formula is C27H33N7O3. The molecule has 1 saturated heterocycles. The number of hydrogen-bond acceptors (Lipinski definition) is 8. The lowest BCUT2D eigenvalue weighted by atomic mass is 9.86. The third-order valence-electron chi connectivity index (χ3n) is 6.75. The second kappa shape index (κ2) is 9.05. The molecule has 3 N–H and O–H groups in total. The monoisotopic (exact) mass is 503 g/mol. The van der Waals surface area contributed by atoms with Gasteiger partial charge in [0.15, 0.2) is 17.4 Å². The third-order valence-corrected chi connectivity index (χ3v) is 6.75. The molecule has 0 amide bonds. The molecule has 0 aliphatic carbocycles. The van der Waals surface area contributed by atoms with Gasteiger partial charge in [-0.15, -0.1) is 0 Å². The van der Waals surface area contributed by atoms with E-state index in [1.54, 1.807) is 16.9 Å². The van der Waals surface area contributed by atoms with Crippen LogP contribution in [-0.2, 0) is 13.6 Å². The zero-order valence-corrected chi connectivity index (χ0v) is 21.9. The van der Waals surface area contributed by atoms with Gasteiger partial charge < -0.3 is 20.1 Å². The van der Waals surface area contributed by atoms with Crippen LogP contribution in [0.3, 0.4) is 0 Å². The quantitative estimate of drug-likeness (QED) is 0.271. The van der Waals surface area contributed by atoms with Gasteiger partial charge in [0.2, 0.25) is 5.95 Å². The van der Waals surface area contributed by atoms with Crippen molar-refractivity contribution >= 4 is 28.3 Å². The Hall–Kier alpha value is -3.60. The topological polar surface area (TPSA) is 121 Å². The maximum atomic E-state index is 13.0. The van der Waals surface area contributed by atoms with Crippen LogP contribution in [0.5, 0.6) is 0 Å². The maximum Gasteiger partial charge on any atom is 0.229 e. The van der Waals surface area contributed by atoms with Crippen molar-refractivity contribution in [2.45, 2.75) is 46.4 Å². The van der Waals surface area contributed by atoms with Crippen molar-refractivity contribution in [3.05, 3.63) is 59.7 Å². The van der Waals surface area contributed by atoms with Gasteiger partial charge in [0.05, 0.1) is 12.2 Å². The summed E-state index contributed by atoms with van der Waals surface area (Å²) in [6.45, 7) is 9.12. The molecule has 5 rings (SSSR count). The molecule has 37 heavy (non-hydrogen) atoms. The van der Waals surface area contributed by atoms with Crippen LogP contribution < -0.4 is 5.32 Å². The van der Waals surface area contributed by atoms with Crippen LogP contribution in [0.1, 0.15) is 48.8 Å². The first-order valence-electron chi connectivity index (χ1n) is 12.4. The van der Waals surface area contributed by atoms with Crippen molar-refractivity contribution < 1.29 is 15.0 Å². The number of hydrogen-bond donors (Lipinski definition) is 3. The minimum atomic E-state index is -1.62. The van der Waals surface area contributed by atoms with Gasteiger partial charge >= 0.3 is 0 Å². The number of carbonyl (C=O) groups excluding carboxylic acids is 1. The van der Waals surface area contributed by atoms with Gasteiger partial charge in [-0.25, -0.2) is 9.67 Å². The Morgan fingerprint density at radius 3 is 2.68 bits per heavy atom. The standard InChI is InChI=1S/C27H33N7O3/c1-17-18(13-33-11-9-27(36,37)16-33)14-34(31-17)23-8-10-28-25(30-23)29-19-6-7-22-20(12-19)21(15-32(22)5)24(35)26(2,3)4/h6-8,10,12,14-15,36-37H,9,11,13,16H2,1-5H3,(H,28,29,30). The van der Waals surface area contributed by atoms with Gasteiger partial charge in [0.1, 0.15) is 0 Å². The molecule has 0 bridgehead atoms. The van der Waals surface area contributed by atoms with Crippen LogP contribution in [0.2, 0.25) is 0 Å². The first-order chi connectivity index (χ1) is 17.4. The lowest BCUT2D eigenvalue weighted by Gasteiger charge is -2.17. The summed E-state index contributed by atoms with van der Waals surface area (Å²) in [5.41, 5.74) is 3.82. The normalized spacial score (nSPS) is 16.0. The Kier molecular flexibility index (Phi) is 6.13. The van der Waals surface area contributed by atoms with Gasteiger partial charge in [-0.1, -0.05) is 20.8 Å². The van der Waals surface area contributed by atoms with Crippen molar-refractivity contribution in [1.82, 2.24) is 29.2 Å². The molecule has 1 aliphatic heterocycles. The molecule has 4 heterocycles. The van der Waals surface area contributed by atoms with Crippen LogP contribution in [0, 0.1) is 12.3 Å². The minimum absolute atomic E-state index is 0.0935.